The Labute approximate surface area is 421 Å². The standard InChI is InChI=1S/C63H106O5/c1-4-7-10-13-16-19-22-25-27-29-31-33-35-37-40-43-46-49-52-55-58-66-59-61(68-63(65)57-54-51-48-45-42-38-24-21-18-15-12-9-6-3)60-67-62(64)56-53-50-47-44-41-39-36-34-32-30-28-26-23-20-17-14-11-8-5-2/h7,10,12,15-17,19-21,24-28,31,33,37,40,61H,4-6,8-9,11,13-14,18,22-23,29-30,32,34-36,38-39,41-60H2,1-3H3/b10-7-,15-12-,19-16-,20-17-,24-21-,27-25-,28-26-,33-31-,40-37-. The maximum atomic E-state index is 12.8. The number of ether oxygens (including phenoxy) is 3. The average Bonchev–Trinajstić information content (AvgIpc) is 3.34. The van der Waals surface area contributed by atoms with Crippen LogP contribution in [0.2, 0.25) is 0 Å². The number of hydrogen-bond acceptors (Lipinski definition) is 5. The molecule has 0 aliphatic carbocycles. The van der Waals surface area contributed by atoms with Gasteiger partial charge in [0.15, 0.2) is 6.10 Å². The molecule has 68 heavy (non-hydrogen) atoms. The van der Waals surface area contributed by atoms with Gasteiger partial charge in [-0.15, -0.1) is 0 Å². The first-order valence-electron chi connectivity index (χ1n) is 28.4. The summed E-state index contributed by atoms with van der Waals surface area (Å²) in [5.41, 5.74) is 0. The third-order valence-corrected chi connectivity index (χ3v) is 11.7. The topological polar surface area (TPSA) is 61.8 Å². The number of esters is 2. The summed E-state index contributed by atoms with van der Waals surface area (Å²) in [5, 5.41) is 0. The first kappa shape index (κ1) is 64.6. The highest BCUT2D eigenvalue weighted by molar-refractivity contribution is 5.70. The van der Waals surface area contributed by atoms with Gasteiger partial charge in [-0.05, 0) is 122 Å². The van der Waals surface area contributed by atoms with Gasteiger partial charge in [0, 0.05) is 19.4 Å². The van der Waals surface area contributed by atoms with Crippen molar-refractivity contribution in [2.45, 2.75) is 258 Å². The maximum absolute atomic E-state index is 12.8. The van der Waals surface area contributed by atoms with E-state index in [1.807, 2.05) is 0 Å². The van der Waals surface area contributed by atoms with E-state index in [1.54, 1.807) is 0 Å². The van der Waals surface area contributed by atoms with E-state index in [2.05, 4.69) is 130 Å². The minimum absolute atomic E-state index is 0.0612. The molecule has 0 fully saturated rings. The summed E-state index contributed by atoms with van der Waals surface area (Å²) < 4.78 is 17.4. The molecule has 0 bridgehead atoms. The molecule has 0 aromatic carbocycles. The van der Waals surface area contributed by atoms with Crippen LogP contribution < -0.4 is 0 Å². The molecule has 0 rings (SSSR count). The molecule has 5 heteroatoms. The molecule has 1 unspecified atom stereocenters. The van der Waals surface area contributed by atoms with Gasteiger partial charge in [-0.2, -0.15) is 0 Å². The lowest BCUT2D eigenvalue weighted by atomic mass is 10.1. The Balaban J connectivity index is 4.33. The van der Waals surface area contributed by atoms with Crippen LogP contribution in [0.25, 0.3) is 0 Å². The van der Waals surface area contributed by atoms with E-state index in [0.717, 1.165) is 122 Å². The fraction of sp³-hybridized carbons (Fsp3) is 0.683. The highest BCUT2D eigenvalue weighted by atomic mass is 16.6. The van der Waals surface area contributed by atoms with E-state index in [9.17, 15) is 9.59 Å². The van der Waals surface area contributed by atoms with Crippen molar-refractivity contribution in [1.82, 2.24) is 0 Å². The summed E-state index contributed by atoms with van der Waals surface area (Å²) in [6.07, 6.45) is 79.6. The number of allylic oxidation sites excluding steroid dienone is 18. The van der Waals surface area contributed by atoms with Crippen molar-refractivity contribution >= 4 is 11.9 Å². The van der Waals surface area contributed by atoms with Gasteiger partial charge >= 0.3 is 11.9 Å². The maximum Gasteiger partial charge on any atom is 0.306 e. The van der Waals surface area contributed by atoms with Crippen LogP contribution in [0.5, 0.6) is 0 Å². The van der Waals surface area contributed by atoms with Crippen LogP contribution >= 0.6 is 0 Å². The van der Waals surface area contributed by atoms with E-state index in [0.29, 0.717) is 19.4 Å². The molecule has 0 aromatic heterocycles. The van der Waals surface area contributed by atoms with Gasteiger partial charge in [-0.1, -0.05) is 226 Å². The molecule has 0 aliphatic heterocycles. The Morgan fingerprint density at radius 3 is 1.12 bits per heavy atom. The molecule has 0 amide bonds. The number of unbranched alkanes of at least 4 members (excludes halogenated alkanes) is 22. The highest BCUT2D eigenvalue weighted by Gasteiger charge is 2.17. The SMILES string of the molecule is CC/C=C\C/C=C\C/C=C\C/C=C\C/C=C\CCCCCCOCC(COC(=O)CCCCCCCCCCC/C=C\C/C=C\CCCCC)OC(=O)CCCCCCC/C=C\C/C=C\CCC. The van der Waals surface area contributed by atoms with Crippen LogP contribution in [0, 0.1) is 0 Å². The quantitative estimate of drug-likeness (QED) is 0.0345. The van der Waals surface area contributed by atoms with E-state index >= 15 is 0 Å². The van der Waals surface area contributed by atoms with Crippen molar-refractivity contribution in [3.8, 4) is 0 Å². The van der Waals surface area contributed by atoms with Crippen LogP contribution in [0.4, 0.5) is 0 Å². The van der Waals surface area contributed by atoms with Gasteiger partial charge < -0.3 is 14.2 Å². The van der Waals surface area contributed by atoms with E-state index in [1.165, 1.54) is 96.3 Å². The first-order valence-corrected chi connectivity index (χ1v) is 28.4. The first-order chi connectivity index (χ1) is 33.6. The van der Waals surface area contributed by atoms with Crippen molar-refractivity contribution in [3.63, 3.8) is 0 Å². The summed E-state index contributed by atoms with van der Waals surface area (Å²) in [7, 11) is 0. The number of hydrogen-bond donors (Lipinski definition) is 0. The van der Waals surface area contributed by atoms with Crippen molar-refractivity contribution in [2.75, 3.05) is 19.8 Å². The molecule has 388 valence electrons. The summed E-state index contributed by atoms with van der Waals surface area (Å²) >= 11 is 0. The van der Waals surface area contributed by atoms with Crippen molar-refractivity contribution < 1.29 is 23.8 Å². The minimum Gasteiger partial charge on any atom is -0.462 e. The van der Waals surface area contributed by atoms with E-state index in [4.69, 9.17) is 14.2 Å². The lowest BCUT2D eigenvalue weighted by molar-refractivity contribution is -0.163. The van der Waals surface area contributed by atoms with Gasteiger partial charge in [-0.25, -0.2) is 0 Å². The Hall–Kier alpha value is -3.44. The third-order valence-electron chi connectivity index (χ3n) is 11.7. The molecule has 0 aliphatic rings. The lowest BCUT2D eigenvalue weighted by Crippen LogP contribution is -2.30. The van der Waals surface area contributed by atoms with E-state index < -0.39 is 6.10 Å². The monoisotopic (exact) mass is 943 g/mol. The van der Waals surface area contributed by atoms with Gasteiger partial charge in [0.05, 0.1) is 6.61 Å². The highest BCUT2D eigenvalue weighted by Crippen LogP contribution is 2.14. The number of carbonyl (C=O) groups excluding carboxylic acids is 2. The Morgan fingerprint density at radius 1 is 0.338 bits per heavy atom. The normalized spacial score (nSPS) is 13.0. The van der Waals surface area contributed by atoms with Crippen molar-refractivity contribution in [3.05, 3.63) is 109 Å². The second-order valence-corrected chi connectivity index (χ2v) is 18.4. The summed E-state index contributed by atoms with van der Waals surface area (Å²) in [6, 6.07) is 0. The van der Waals surface area contributed by atoms with Gasteiger partial charge in [-0.3, -0.25) is 9.59 Å². The lowest BCUT2D eigenvalue weighted by Gasteiger charge is -2.18. The zero-order chi connectivity index (χ0) is 49.2. The van der Waals surface area contributed by atoms with Crippen LogP contribution in [-0.2, 0) is 23.8 Å². The molecule has 0 saturated heterocycles. The van der Waals surface area contributed by atoms with Gasteiger partial charge in [0.2, 0.25) is 0 Å². The third kappa shape index (κ3) is 55.2. The number of rotatable bonds is 51. The second-order valence-electron chi connectivity index (χ2n) is 18.4. The predicted octanol–water partition coefficient (Wildman–Crippen LogP) is 19.6. The largest absolute Gasteiger partial charge is 0.462 e. The zero-order valence-corrected chi connectivity index (χ0v) is 44.6. The minimum atomic E-state index is -0.566. The summed E-state index contributed by atoms with van der Waals surface area (Å²) in [4.78, 5) is 25.5. The molecule has 0 N–H and O–H groups in total. The Kier molecular flexibility index (Phi) is 54.9. The Morgan fingerprint density at radius 2 is 0.691 bits per heavy atom. The van der Waals surface area contributed by atoms with Crippen molar-refractivity contribution in [2.24, 2.45) is 0 Å². The van der Waals surface area contributed by atoms with Crippen LogP contribution in [0.15, 0.2) is 109 Å². The molecule has 0 heterocycles. The smallest absolute Gasteiger partial charge is 0.306 e. The van der Waals surface area contributed by atoms with Crippen LogP contribution in [0.1, 0.15) is 252 Å². The van der Waals surface area contributed by atoms with Crippen molar-refractivity contribution in [1.29, 1.82) is 0 Å². The van der Waals surface area contributed by atoms with E-state index in [-0.39, 0.29) is 25.2 Å². The molecular weight excluding hydrogens is 837 g/mol. The molecule has 0 spiro atoms. The summed E-state index contributed by atoms with van der Waals surface area (Å²) in [5.74, 6) is -0.435. The predicted molar refractivity (Wildman–Crippen MR) is 297 cm³/mol. The van der Waals surface area contributed by atoms with Crippen LogP contribution in [-0.4, -0.2) is 37.9 Å². The molecular formula is C63H106O5. The number of carbonyl (C=O) groups is 2. The van der Waals surface area contributed by atoms with Crippen LogP contribution in [0.3, 0.4) is 0 Å². The average molecular weight is 944 g/mol. The molecule has 0 saturated carbocycles. The molecule has 1 atom stereocenters. The van der Waals surface area contributed by atoms with Gasteiger partial charge in [0.1, 0.15) is 6.61 Å². The molecule has 5 nitrogen and oxygen atoms in total. The zero-order valence-electron chi connectivity index (χ0n) is 44.6. The molecule has 0 aromatic rings. The fourth-order valence-corrected chi connectivity index (χ4v) is 7.55. The summed E-state index contributed by atoms with van der Waals surface area (Å²) in [6.45, 7) is 7.56. The molecule has 0 radical (unpaired) electrons. The Bertz CT molecular complexity index is 1340. The fourth-order valence-electron chi connectivity index (χ4n) is 7.55. The second kappa shape index (κ2) is 57.9. The van der Waals surface area contributed by atoms with Gasteiger partial charge in [0.25, 0.3) is 0 Å².